The highest BCUT2D eigenvalue weighted by molar-refractivity contribution is 6.28. The summed E-state index contributed by atoms with van der Waals surface area (Å²) in [5.74, 6) is 1.65. The van der Waals surface area contributed by atoms with E-state index in [1.807, 2.05) is 46.8 Å². The van der Waals surface area contributed by atoms with Gasteiger partial charge in [0.05, 0.1) is 23.9 Å². The summed E-state index contributed by atoms with van der Waals surface area (Å²) in [6.07, 6.45) is 1.98. The molecule has 1 aliphatic heterocycles. The summed E-state index contributed by atoms with van der Waals surface area (Å²) in [7, 11) is 0. The quantitative estimate of drug-likeness (QED) is 0.640. The van der Waals surface area contributed by atoms with Crippen molar-refractivity contribution in [3.8, 4) is 11.5 Å². The SMILES string of the molecule is Cc1cc(C2CC(N)CCN2Cc2cc(OC(C)C)cc(OC(C)C)c2)nc(Cl)n1. The van der Waals surface area contributed by atoms with E-state index in [1.165, 1.54) is 0 Å². The minimum absolute atomic E-state index is 0.0945. The maximum atomic E-state index is 6.31. The molecule has 1 aliphatic rings. The molecular formula is C23H33ClN4O2. The smallest absolute Gasteiger partial charge is 0.222 e. The van der Waals surface area contributed by atoms with Crippen LogP contribution in [-0.4, -0.2) is 39.7 Å². The molecule has 0 saturated carbocycles. The molecule has 7 heteroatoms. The monoisotopic (exact) mass is 432 g/mol. The summed E-state index contributed by atoms with van der Waals surface area (Å²) in [5, 5.41) is 0.282. The van der Waals surface area contributed by atoms with Gasteiger partial charge in [0.1, 0.15) is 11.5 Å². The molecule has 1 saturated heterocycles. The van der Waals surface area contributed by atoms with Gasteiger partial charge in [-0.1, -0.05) is 0 Å². The fraction of sp³-hybridized carbons (Fsp3) is 0.565. The highest BCUT2D eigenvalue weighted by atomic mass is 35.5. The zero-order valence-electron chi connectivity index (χ0n) is 18.6. The zero-order chi connectivity index (χ0) is 21.8. The van der Waals surface area contributed by atoms with Crippen LogP contribution >= 0.6 is 11.6 Å². The van der Waals surface area contributed by atoms with Gasteiger partial charge in [-0.15, -0.1) is 0 Å². The van der Waals surface area contributed by atoms with Crippen molar-refractivity contribution in [3.63, 3.8) is 0 Å². The first-order valence-electron chi connectivity index (χ1n) is 10.7. The molecule has 2 N–H and O–H groups in total. The Bertz CT molecular complexity index is 811. The minimum Gasteiger partial charge on any atom is -0.491 e. The second-order valence-corrected chi connectivity index (χ2v) is 8.96. The van der Waals surface area contributed by atoms with Crippen molar-refractivity contribution in [3.05, 3.63) is 46.5 Å². The molecular weight excluding hydrogens is 400 g/mol. The third kappa shape index (κ3) is 6.30. The predicted molar refractivity (Wildman–Crippen MR) is 120 cm³/mol. The van der Waals surface area contributed by atoms with Crippen molar-refractivity contribution >= 4 is 11.6 Å². The van der Waals surface area contributed by atoms with E-state index >= 15 is 0 Å². The Labute approximate surface area is 184 Å². The Morgan fingerprint density at radius 3 is 2.27 bits per heavy atom. The van der Waals surface area contributed by atoms with Crippen molar-refractivity contribution in [2.45, 2.75) is 78.3 Å². The third-order valence-corrected chi connectivity index (χ3v) is 5.18. The highest BCUT2D eigenvalue weighted by Crippen LogP contribution is 2.33. The van der Waals surface area contributed by atoms with Crippen LogP contribution in [0.4, 0.5) is 0 Å². The normalized spacial score (nSPS) is 20.0. The first-order valence-corrected chi connectivity index (χ1v) is 11.1. The number of halogens is 1. The van der Waals surface area contributed by atoms with Crippen LogP contribution in [0.1, 0.15) is 63.5 Å². The van der Waals surface area contributed by atoms with Gasteiger partial charge in [-0.05, 0) is 82.8 Å². The van der Waals surface area contributed by atoms with Crippen molar-refractivity contribution in [2.24, 2.45) is 5.73 Å². The van der Waals surface area contributed by atoms with Gasteiger partial charge in [-0.2, -0.15) is 0 Å². The van der Waals surface area contributed by atoms with E-state index in [9.17, 15) is 0 Å². The molecule has 30 heavy (non-hydrogen) atoms. The number of aromatic nitrogens is 2. The average Bonchev–Trinajstić information content (AvgIpc) is 2.61. The first kappa shape index (κ1) is 22.8. The lowest BCUT2D eigenvalue weighted by Gasteiger charge is -2.38. The number of hydrogen-bond acceptors (Lipinski definition) is 6. The number of benzene rings is 1. The van der Waals surface area contributed by atoms with E-state index < -0.39 is 0 Å². The Kier molecular flexibility index (Phi) is 7.55. The zero-order valence-corrected chi connectivity index (χ0v) is 19.3. The van der Waals surface area contributed by atoms with Gasteiger partial charge in [0, 0.05) is 30.9 Å². The van der Waals surface area contributed by atoms with E-state index in [0.717, 1.165) is 54.4 Å². The van der Waals surface area contributed by atoms with Crippen LogP contribution in [0.15, 0.2) is 24.3 Å². The first-order chi connectivity index (χ1) is 14.2. The Morgan fingerprint density at radius 1 is 1.07 bits per heavy atom. The lowest BCUT2D eigenvalue weighted by molar-refractivity contribution is 0.124. The van der Waals surface area contributed by atoms with Crippen molar-refractivity contribution in [1.29, 1.82) is 0 Å². The van der Waals surface area contributed by atoms with Gasteiger partial charge in [0.2, 0.25) is 5.28 Å². The van der Waals surface area contributed by atoms with Crippen molar-refractivity contribution in [2.75, 3.05) is 6.54 Å². The summed E-state index contributed by atoms with van der Waals surface area (Å²) < 4.78 is 11.9. The Balaban J connectivity index is 1.89. The molecule has 0 amide bonds. The van der Waals surface area contributed by atoms with Crippen LogP contribution in [0.3, 0.4) is 0 Å². The van der Waals surface area contributed by atoms with E-state index in [1.54, 1.807) is 0 Å². The predicted octanol–water partition coefficient (Wildman–Crippen LogP) is 4.68. The van der Waals surface area contributed by atoms with Crippen molar-refractivity contribution < 1.29 is 9.47 Å². The fourth-order valence-electron chi connectivity index (χ4n) is 3.90. The molecule has 2 unspecified atom stereocenters. The molecule has 2 atom stereocenters. The molecule has 1 aromatic heterocycles. The summed E-state index contributed by atoms with van der Waals surface area (Å²) in [6.45, 7) is 11.7. The molecule has 1 fully saturated rings. The molecule has 3 rings (SSSR count). The Hall–Kier alpha value is -1.89. The molecule has 0 spiro atoms. The number of hydrogen-bond donors (Lipinski definition) is 1. The number of ether oxygens (including phenoxy) is 2. The fourth-order valence-corrected chi connectivity index (χ4v) is 4.13. The molecule has 0 bridgehead atoms. The van der Waals surface area contributed by atoms with Crippen LogP contribution in [0, 0.1) is 6.92 Å². The average molecular weight is 433 g/mol. The number of nitrogens with zero attached hydrogens (tertiary/aromatic N) is 3. The van der Waals surface area contributed by atoms with Crippen LogP contribution in [0.5, 0.6) is 11.5 Å². The molecule has 2 heterocycles. The number of piperidine rings is 1. The van der Waals surface area contributed by atoms with E-state index in [4.69, 9.17) is 26.8 Å². The van der Waals surface area contributed by atoms with Gasteiger partial charge < -0.3 is 15.2 Å². The van der Waals surface area contributed by atoms with Gasteiger partial charge in [-0.25, -0.2) is 9.97 Å². The third-order valence-electron chi connectivity index (χ3n) is 5.01. The lowest BCUT2D eigenvalue weighted by Crippen LogP contribution is -2.42. The second kappa shape index (κ2) is 9.94. The number of nitrogens with two attached hydrogens (primary N) is 1. The lowest BCUT2D eigenvalue weighted by atomic mass is 9.94. The molecule has 6 nitrogen and oxygen atoms in total. The molecule has 1 aromatic carbocycles. The Morgan fingerprint density at radius 2 is 1.70 bits per heavy atom. The molecule has 0 aliphatic carbocycles. The van der Waals surface area contributed by atoms with Gasteiger partial charge in [0.15, 0.2) is 0 Å². The summed E-state index contributed by atoms with van der Waals surface area (Å²) >= 11 is 6.15. The van der Waals surface area contributed by atoms with Gasteiger partial charge in [0.25, 0.3) is 0 Å². The summed E-state index contributed by atoms with van der Waals surface area (Å²) in [4.78, 5) is 11.1. The van der Waals surface area contributed by atoms with E-state index in [2.05, 4.69) is 27.0 Å². The molecule has 0 radical (unpaired) electrons. The highest BCUT2D eigenvalue weighted by Gasteiger charge is 2.29. The number of likely N-dealkylation sites (tertiary alicyclic amines) is 1. The maximum Gasteiger partial charge on any atom is 0.222 e. The largest absolute Gasteiger partial charge is 0.491 e. The second-order valence-electron chi connectivity index (χ2n) is 8.62. The van der Waals surface area contributed by atoms with Crippen LogP contribution in [0.2, 0.25) is 5.28 Å². The van der Waals surface area contributed by atoms with Gasteiger partial charge >= 0.3 is 0 Å². The van der Waals surface area contributed by atoms with Gasteiger partial charge in [-0.3, -0.25) is 4.90 Å². The maximum absolute atomic E-state index is 6.31. The number of aryl methyl sites for hydroxylation is 1. The van der Waals surface area contributed by atoms with E-state index in [0.29, 0.717) is 0 Å². The molecule has 164 valence electrons. The minimum atomic E-state index is 0.0945. The summed E-state index contributed by atoms with van der Waals surface area (Å²) in [5.41, 5.74) is 9.24. The van der Waals surface area contributed by atoms with E-state index in [-0.39, 0.29) is 29.6 Å². The van der Waals surface area contributed by atoms with Crippen molar-refractivity contribution in [1.82, 2.24) is 14.9 Å². The summed E-state index contributed by atoms with van der Waals surface area (Å²) in [6, 6.07) is 8.40. The van der Waals surface area contributed by atoms with Crippen LogP contribution in [-0.2, 0) is 6.54 Å². The van der Waals surface area contributed by atoms with Crippen LogP contribution < -0.4 is 15.2 Å². The van der Waals surface area contributed by atoms with Crippen LogP contribution in [0.25, 0.3) is 0 Å². The topological polar surface area (TPSA) is 73.5 Å². The molecule has 2 aromatic rings. The standard InChI is InChI=1S/C23H33ClN4O2/c1-14(2)29-19-9-17(10-20(12-19)30-15(3)4)13-28-7-6-18(25)11-22(28)21-8-16(5)26-23(24)27-21/h8-10,12,14-15,18,22H,6-7,11,13,25H2,1-5H3. The number of rotatable bonds is 7.